The first kappa shape index (κ1) is 22.5. The minimum Gasteiger partial charge on any atom is -0.327 e. The number of amides is 1. The maximum atomic E-state index is 13.1. The van der Waals surface area contributed by atoms with Crippen LogP contribution in [0.2, 0.25) is 0 Å². The number of nitrogens with zero attached hydrogens (tertiary/aromatic N) is 3. The van der Waals surface area contributed by atoms with Gasteiger partial charge in [-0.25, -0.2) is 19.3 Å². The number of carbonyl (C=O) groups excluding carboxylic acids is 1. The third kappa shape index (κ3) is 5.37. The van der Waals surface area contributed by atoms with Crippen molar-refractivity contribution >= 4 is 35.5 Å². The number of rotatable bonds is 7. The molecule has 11 heteroatoms. The van der Waals surface area contributed by atoms with Crippen molar-refractivity contribution in [3.05, 3.63) is 64.1 Å². The Hall–Kier alpha value is -2.82. The van der Waals surface area contributed by atoms with Crippen LogP contribution in [-0.2, 0) is 4.79 Å². The fourth-order valence-electron chi connectivity index (χ4n) is 2.75. The first-order chi connectivity index (χ1) is 13.5. The lowest BCUT2D eigenvalue weighted by molar-refractivity contribution is -0.114. The highest BCUT2D eigenvalue weighted by molar-refractivity contribution is 7.15. The number of halogens is 2. The maximum absolute atomic E-state index is 13.1. The van der Waals surface area contributed by atoms with Gasteiger partial charge in [0.2, 0.25) is 5.91 Å². The number of hydrogen-bond acceptors (Lipinski definition) is 6. The first-order valence-corrected chi connectivity index (χ1v) is 9.27. The lowest BCUT2D eigenvalue weighted by atomic mass is 10.1. The minimum absolute atomic E-state index is 0. The molecule has 1 amide bonds. The number of hydrogen-bond donors (Lipinski definition) is 3. The minimum atomic E-state index is -0.438. The lowest BCUT2D eigenvalue weighted by Gasteiger charge is -2.16. The molecule has 0 saturated carbocycles. The lowest BCUT2D eigenvalue weighted by Crippen LogP contribution is -2.23. The van der Waals surface area contributed by atoms with Crippen LogP contribution in [0.15, 0.2) is 53.5 Å². The van der Waals surface area contributed by atoms with E-state index in [-0.39, 0.29) is 37.0 Å². The summed E-state index contributed by atoms with van der Waals surface area (Å²) >= 11 is 1.46. The Morgan fingerprint density at radius 3 is 2.86 bits per heavy atom. The summed E-state index contributed by atoms with van der Waals surface area (Å²) in [6, 6.07) is 6.95. The van der Waals surface area contributed by atoms with Gasteiger partial charge in [0.25, 0.3) is 0 Å². The average Bonchev–Trinajstić information content (AvgIpc) is 3.32. The number of thiophene rings is 1. The first-order valence-electron chi connectivity index (χ1n) is 8.45. The average molecular weight is 439 g/mol. The molecule has 0 spiro atoms. The Bertz CT molecular complexity index is 1060. The van der Waals surface area contributed by atoms with Crippen molar-refractivity contribution < 1.29 is 9.18 Å². The Morgan fingerprint density at radius 2 is 2.24 bits per heavy atom. The van der Waals surface area contributed by atoms with Crippen LogP contribution in [0, 0.1) is 0 Å². The highest BCUT2D eigenvalue weighted by Crippen LogP contribution is 2.35. The molecule has 1 unspecified atom stereocenters. The number of aromatic nitrogens is 4. The van der Waals surface area contributed by atoms with Gasteiger partial charge < -0.3 is 11.1 Å². The monoisotopic (exact) mass is 438 g/mol. The molecule has 0 aliphatic rings. The van der Waals surface area contributed by atoms with Crippen LogP contribution in [0.5, 0.6) is 0 Å². The number of nitrogens with two attached hydrogens (primary N) is 1. The van der Waals surface area contributed by atoms with Gasteiger partial charge in [0.05, 0.1) is 12.4 Å². The highest BCUT2D eigenvalue weighted by Gasteiger charge is 2.20. The number of carbonyl (C=O) groups is 1. The van der Waals surface area contributed by atoms with Crippen LogP contribution in [-0.4, -0.2) is 32.2 Å². The fourth-order valence-corrected chi connectivity index (χ4v) is 3.86. The van der Waals surface area contributed by atoms with E-state index in [2.05, 4.69) is 20.5 Å². The molecular formula is C18H20ClFN6O2S. The summed E-state index contributed by atoms with van der Waals surface area (Å²) in [5.41, 5.74) is 6.48. The van der Waals surface area contributed by atoms with Crippen LogP contribution < -0.4 is 16.7 Å². The second-order valence-corrected chi connectivity index (χ2v) is 7.19. The summed E-state index contributed by atoms with van der Waals surface area (Å²) in [4.78, 5) is 29.2. The van der Waals surface area contributed by atoms with Crippen molar-refractivity contribution in [3.8, 4) is 10.4 Å². The number of nitrogens with one attached hydrogen (secondary N) is 2. The van der Waals surface area contributed by atoms with Crippen molar-refractivity contribution in [2.75, 3.05) is 11.9 Å². The molecule has 1 atom stereocenters. The zero-order chi connectivity index (χ0) is 20.1. The Labute approximate surface area is 176 Å². The summed E-state index contributed by atoms with van der Waals surface area (Å²) in [5, 5.41) is 8.78. The van der Waals surface area contributed by atoms with Gasteiger partial charge in [-0.05, 0) is 41.8 Å². The van der Waals surface area contributed by atoms with Crippen molar-refractivity contribution in [1.82, 2.24) is 19.7 Å². The van der Waals surface area contributed by atoms with E-state index < -0.39 is 6.04 Å². The van der Waals surface area contributed by atoms with Gasteiger partial charge in [0.1, 0.15) is 12.1 Å². The van der Waals surface area contributed by atoms with Crippen LogP contribution in [0.4, 0.5) is 10.2 Å². The molecule has 8 nitrogen and oxygen atoms in total. The van der Waals surface area contributed by atoms with Crippen LogP contribution >= 0.6 is 23.7 Å². The second kappa shape index (κ2) is 10.1. The third-order valence-electron chi connectivity index (χ3n) is 4.09. The number of anilines is 1. The topological polar surface area (TPSA) is 119 Å². The van der Waals surface area contributed by atoms with E-state index >= 15 is 0 Å². The normalized spacial score (nSPS) is 12.3. The maximum Gasteiger partial charge on any atom is 0.343 e. The number of pyridine rings is 1. The van der Waals surface area contributed by atoms with E-state index in [9.17, 15) is 14.0 Å². The molecule has 0 fully saturated rings. The summed E-state index contributed by atoms with van der Waals surface area (Å²) in [6.45, 7) is 1.47. The Morgan fingerprint density at radius 1 is 1.45 bits per heavy atom. The van der Waals surface area contributed by atoms with Gasteiger partial charge in [0, 0.05) is 29.4 Å². The highest BCUT2D eigenvalue weighted by atomic mass is 35.5. The third-order valence-corrected chi connectivity index (χ3v) is 5.32. The molecule has 29 heavy (non-hydrogen) atoms. The van der Waals surface area contributed by atoms with E-state index in [1.807, 2.05) is 18.2 Å². The van der Waals surface area contributed by atoms with Crippen molar-refractivity contribution in [2.45, 2.75) is 19.4 Å². The van der Waals surface area contributed by atoms with Crippen LogP contribution in [0.1, 0.15) is 24.3 Å². The standard InChI is InChI=1S/C18H19FN6O2S.ClH/c1-11(26)23-17-7-13(4-5-21-17)15-2-3-16(28-15)14(6-12(8-19)9-20)25-10-22-24-18(25)27;/h2-5,7-8,10,14H,6,9,20H2,1H3,(H,24,27)(H,21,23,26);1H/b12-8-;. The molecule has 0 saturated heterocycles. The molecule has 3 rings (SSSR count). The van der Waals surface area contributed by atoms with Crippen LogP contribution in [0.3, 0.4) is 0 Å². The zero-order valence-corrected chi connectivity index (χ0v) is 17.1. The largest absolute Gasteiger partial charge is 0.343 e. The van der Waals surface area contributed by atoms with E-state index in [4.69, 9.17) is 5.73 Å². The molecular weight excluding hydrogens is 419 g/mol. The number of H-pyrrole nitrogens is 1. The Kier molecular flexibility index (Phi) is 7.82. The van der Waals surface area contributed by atoms with E-state index in [1.165, 1.54) is 29.2 Å². The SMILES string of the molecule is CC(=O)Nc1cc(-c2ccc(C(C/C(=C/F)CN)n3cn[nH]c3=O)s2)ccn1.Cl. The van der Waals surface area contributed by atoms with E-state index in [0.29, 0.717) is 17.7 Å². The molecule has 0 aliphatic carbocycles. The van der Waals surface area contributed by atoms with Gasteiger partial charge in [0.15, 0.2) is 0 Å². The van der Waals surface area contributed by atoms with Crippen molar-refractivity contribution in [2.24, 2.45) is 5.73 Å². The molecule has 0 aliphatic heterocycles. The quantitative estimate of drug-likeness (QED) is 0.524. The summed E-state index contributed by atoms with van der Waals surface area (Å²) < 4.78 is 14.5. The predicted molar refractivity (Wildman–Crippen MR) is 113 cm³/mol. The Balaban J connectivity index is 0.00000300. The van der Waals surface area contributed by atoms with Gasteiger partial charge in [-0.15, -0.1) is 23.7 Å². The fraction of sp³-hybridized carbons (Fsp3) is 0.222. The molecule has 0 radical (unpaired) electrons. The van der Waals surface area contributed by atoms with Crippen molar-refractivity contribution in [1.29, 1.82) is 0 Å². The predicted octanol–water partition coefficient (Wildman–Crippen LogP) is 2.87. The number of aromatic amines is 1. The molecule has 3 aromatic heterocycles. The summed E-state index contributed by atoms with van der Waals surface area (Å²) in [5.74, 6) is 0.247. The van der Waals surface area contributed by atoms with Crippen molar-refractivity contribution in [3.63, 3.8) is 0 Å². The van der Waals surface area contributed by atoms with Crippen LogP contribution in [0.25, 0.3) is 10.4 Å². The molecule has 4 N–H and O–H groups in total. The van der Waals surface area contributed by atoms with Gasteiger partial charge >= 0.3 is 5.69 Å². The molecule has 154 valence electrons. The molecule has 0 aromatic carbocycles. The molecule has 3 aromatic rings. The van der Waals surface area contributed by atoms with Gasteiger partial charge in [-0.2, -0.15) is 5.10 Å². The summed E-state index contributed by atoms with van der Waals surface area (Å²) in [7, 11) is 0. The molecule has 0 bridgehead atoms. The van der Waals surface area contributed by atoms with Gasteiger partial charge in [-0.1, -0.05) is 0 Å². The van der Waals surface area contributed by atoms with Gasteiger partial charge in [-0.3, -0.25) is 9.36 Å². The zero-order valence-electron chi connectivity index (χ0n) is 15.5. The molecule has 3 heterocycles. The van der Waals surface area contributed by atoms with E-state index in [0.717, 1.165) is 15.3 Å². The van der Waals surface area contributed by atoms with E-state index in [1.54, 1.807) is 12.3 Å². The smallest absolute Gasteiger partial charge is 0.327 e. The summed E-state index contributed by atoms with van der Waals surface area (Å²) in [6.07, 6.45) is 3.73. The second-order valence-electron chi connectivity index (χ2n) is 6.07.